The van der Waals surface area contributed by atoms with Crippen LogP contribution in [0.15, 0.2) is 25.3 Å². The maximum absolute atomic E-state index is 11.4. The number of carbonyl (C=O) groups is 4. The van der Waals surface area contributed by atoms with Gasteiger partial charge in [-0.1, -0.05) is 25.3 Å². The second-order valence-electron chi connectivity index (χ2n) is 5.17. The molecule has 164 valence electrons. The van der Waals surface area contributed by atoms with Crippen molar-refractivity contribution in [1.82, 2.24) is 0 Å². The number of esters is 2. The fraction of sp³-hybridized carbons (Fsp3) is 0.556. The molecule has 2 atom stereocenters. The van der Waals surface area contributed by atoms with E-state index in [0.29, 0.717) is 0 Å². The standard InChI is InChI=1S/C18H26O11/c1-5-7-24-15(19)13(3)28-17(21)26-11-9-23-10-12-27-18(22)29-14(4)16(20)25-8-6-2/h5-6,13-14H,1-2,7-12H2,3-4H3. The average Bonchev–Trinajstić information content (AvgIpc) is 2.68. The van der Waals surface area contributed by atoms with E-state index in [1.807, 2.05) is 0 Å². The van der Waals surface area contributed by atoms with Crippen LogP contribution in [0.5, 0.6) is 0 Å². The highest BCUT2D eigenvalue weighted by Gasteiger charge is 2.20. The summed E-state index contributed by atoms with van der Waals surface area (Å²) in [7, 11) is 0. The number of hydrogen-bond donors (Lipinski definition) is 0. The Morgan fingerprint density at radius 2 is 1.07 bits per heavy atom. The topological polar surface area (TPSA) is 133 Å². The van der Waals surface area contributed by atoms with Gasteiger partial charge in [-0.15, -0.1) is 0 Å². The highest BCUT2D eigenvalue weighted by molar-refractivity contribution is 5.77. The van der Waals surface area contributed by atoms with Crippen LogP contribution in [0.4, 0.5) is 9.59 Å². The van der Waals surface area contributed by atoms with E-state index >= 15 is 0 Å². The van der Waals surface area contributed by atoms with Crippen molar-refractivity contribution in [2.24, 2.45) is 0 Å². The Bertz CT molecular complexity index is 510. The number of hydrogen-bond acceptors (Lipinski definition) is 11. The van der Waals surface area contributed by atoms with Crippen LogP contribution in [0.25, 0.3) is 0 Å². The summed E-state index contributed by atoms with van der Waals surface area (Å²) in [4.78, 5) is 45.5. The predicted molar refractivity (Wildman–Crippen MR) is 96.9 cm³/mol. The third-order valence-corrected chi connectivity index (χ3v) is 2.79. The minimum absolute atomic E-state index is 0.00332. The molecule has 0 amide bonds. The zero-order valence-electron chi connectivity index (χ0n) is 16.5. The van der Waals surface area contributed by atoms with E-state index in [4.69, 9.17) is 33.2 Å². The Hall–Kier alpha value is -3.08. The lowest BCUT2D eigenvalue weighted by Gasteiger charge is -2.12. The van der Waals surface area contributed by atoms with Crippen LogP contribution in [-0.4, -0.2) is 76.1 Å². The molecule has 0 aromatic carbocycles. The van der Waals surface area contributed by atoms with Gasteiger partial charge in [0.2, 0.25) is 0 Å². The van der Waals surface area contributed by atoms with Crippen molar-refractivity contribution in [3.05, 3.63) is 25.3 Å². The first-order chi connectivity index (χ1) is 13.8. The van der Waals surface area contributed by atoms with Crippen LogP contribution >= 0.6 is 0 Å². The van der Waals surface area contributed by atoms with Crippen molar-refractivity contribution < 1.29 is 52.3 Å². The third-order valence-electron chi connectivity index (χ3n) is 2.79. The highest BCUT2D eigenvalue weighted by atomic mass is 16.7. The van der Waals surface area contributed by atoms with E-state index in [2.05, 4.69) is 13.2 Å². The zero-order valence-corrected chi connectivity index (χ0v) is 16.5. The van der Waals surface area contributed by atoms with Crippen molar-refractivity contribution in [3.8, 4) is 0 Å². The molecule has 29 heavy (non-hydrogen) atoms. The van der Waals surface area contributed by atoms with Crippen LogP contribution in [-0.2, 0) is 42.7 Å². The molecule has 0 aliphatic heterocycles. The van der Waals surface area contributed by atoms with Gasteiger partial charge in [0, 0.05) is 0 Å². The summed E-state index contributed by atoms with van der Waals surface area (Å²) in [5, 5.41) is 0. The summed E-state index contributed by atoms with van der Waals surface area (Å²) in [5.74, 6) is -1.46. The lowest BCUT2D eigenvalue weighted by Crippen LogP contribution is -2.27. The van der Waals surface area contributed by atoms with Gasteiger partial charge in [-0.2, -0.15) is 0 Å². The smallest absolute Gasteiger partial charge is 0.459 e. The Kier molecular flexibility index (Phi) is 14.2. The molecule has 0 bridgehead atoms. The first kappa shape index (κ1) is 25.9. The summed E-state index contributed by atoms with van der Waals surface area (Å²) in [6.45, 7) is 9.13. The third kappa shape index (κ3) is 13.7. The van der Waals surface area contributed by atoms with Crippen molar-refractivity contribution in [3.63, 3.8) is 0 Å². The van der Waals surface area contributed by atoms with Gasteiger partial charge in [-0.05, 0) is 13.8 Å². The van der Waals surface area contributed by atoms with Crippen LogP contribution in [0.2, 0.25) is 0 Å². The lowest BCUT2D eigenvalue weighted by atomic mass is 10.4. The molecule has 0 rings (SSSR count). The molecular formula is C18H26O11. The van der Waals surface area contributed by atoms with E-state index in [-0.39, 0.29) is 39.6 Å². The molecule has 0 saturated heterocycles. The lowest BCUT2D eigenvalue weighted by molar-refractivity contribution is -0.153. The van der Waals surface area contributed by atoms with Gasteiger partial charge in [0.25, 0.3) is 0 Å². The molecule has 0 saturated carbocycles. The summed E-state index contributed by atoms with van der Waals surface area (Å²) < 4.78 is 33.3. The Morgan fingerprint density at radius 1 is 0.690 bits per heavy atom. The molecule has 0 aliphatic rings. The SMILES string of the molecule is C=CCOC(=O)C(C)OC(=O)OCCOCCOC(=O)OC(C)C(=O)OCC=C. The minimum atomic E-state index is -1.13. The predicted octanol–water partition coefficient (Wildman–Crippen LogP) is 1.54. The Morgan fingerprint density at radius 3 is 1.41 bits per heavy atom. The van der Waals surface area contributed by atoms with Crippen LogP contribution in [0.3, 0.4) is 0 Å². The first-order valence-corrected chi connectivity index (χ1v) is 8.61. The molecule has 0 N–H and O–H groups in total. The number of rotatable bonds is 14. The minimum Gasteiger partial charge on any atom is -0.459 e. The maximum atomic E-state index is 11.4. The number of carbonyl (C=O) groups excluding carboxylic acids is 4. The molecule has 11 heteroatoms. The average molecular weight is 418 g/mol. The molecule has 2 unspecified atom stereocenters. The fourth-order valence-electron chi connectivity index (χ4n) is 1.44. The van der Waals surface area contributed by atoms with Crippen LogP contribution in [0.1, 0.15) is 13.8 Å². The van der Waals surface area contributed by atoms with Gasteiger partial charge in [0.1, 0.15) is 26.4 Å². The van der Waals surface area contributed by atoms with Crippen LogP contribution in [0, 0.1) is 0 Å². The van der Waals surface area contributed by atoms with E-state index in [9.17, 15) is 19.2 Å². The van der Waals surface area contributed by atoms with Gasteiger partial charge < -0.3 is 33.2 Å². The van der Waals surface area contributed by atoms with Crippen molar-refractivity contribution in [1.29, 1.82) is 0 Å². The molecule has 0 heterocycles. The quantitative estimate of drug-likeness (QED) is 0.176. The molecule has 0 aliphatic carbocycles. The summed E-state index contributed by atoms with van der Waals surface area (Å²) in [6.07, 6.45) is -1.62. The molecule has 0 aromatic rings. The Balaban J connectivity index is 3.74. The highest BCUT2D eigenvalue weighted by Crippen LogP contribution is 1.99. The summed E-state index contributed by atoms with van der Waals surface area (Å²) in [6, 6.07) is 0. The summed E-state index contributed by atoms with van der Waals surface area (Å²) >= 11 is 0. The van der Waals surface area contributed by atoms with Crippen molar-refractivity contribution in [2.75, 3.05) is 39.6 Å². The van der Waals surface area contributed by atoms with Crippen molar-refractivity contribution >= 4 is 24.2 Å². The fourth-order valence-corrected chi connectivity index (χ4v) is 1.44. The van der Waals surface area contributed by atoms with Gasteiger partial charge in [0.15, 0.2) is 12.2 Å². The monoisotopic (exact) mass is 418 g/mol. The molecule has 11 nitrogen and oxygen atoms in total. The van der Waals surface area contributed by atoms with Gasteiger partial charge in [0.05, 0.1) is 13.2 Å². The molecule has 0 fully saturated rings. The second kappa shape index (κ2) is 15.9. The number of ether oxygens (including phenoxy) is 7. The van der Waals surface area contributed by atoms with Gasteiger partial charge in [-0.25, -0.2) is 19.2 Å². The van der Waals surface area contributed by atoms with E-state index in [1.165, 1.54) is 26.0 Å². The van der Waals surface area contributed by atoms with Crippen molar-refractivity contribution in [2.45, 2.75) is 26.1 Å². The van der Waals surface area contributed by atoms with Crippen LogP contribution < -0.4 is 0 Å². The van der Waals surface area contributed by atoms with Gasteiger partial charge >= 0.3 is 24.2 Å². The molecular weight excluding hydrogens is 392 g/mol. The molecule has 0 aromatic heterocycles. The van der Waals surface area contributed by atoms with Gasteiger partial charge in [-0.3, -0.25) is 0 Å². The largest absolute Gasteiger partial charge is 0.509 e. The Labute approximate surface area is 168 Å². The van der Waals surface area contributed by atoms with E-state index < -0.39 is 36.5 Å². The molecule has 0 spiro atoms. The second-order valence-corrected chi connectivity index (χ2v) is 5.17. The maximum Gasteiger partial charge on any atom is 0.509 e. The first-order valence-electron chi connectivity index (χ1n) is 8.61. The zero-order chi connectivity index (χ0) is 22.1. The van der Waals surface area contributed by atoms with E-state index in [0.717, 1.165) is 0 Å². The summed E-state index contributed by atoms with van der Waals surface area (Å²) in [5.41, 5.74) is 0. The normalized spacial score (nSPS) is 11.9. The molecule has 0 radical (unpaired) electrons. The van der Waals surface area contributed by atoms with E-state index in [1.54, 1.807) is 0 Å².